The van der Waals surface area contributed by atoms with Crippen molar-refractivity contribution >= 4 is 5.84 Å². The van der Waals surface area contributed by atoms with Crippen molar-refractivity contribution in [2.75, 3.05) is 19.7 Å². The smallest absolute Gasteiger partial charge is 0.0911 e. The molecule has 1 aliphatic carbocycles. The van der Waals surface area contributed by atoms with Gasteiger partial charge in [0.25, 0.3) is 0 Å². The summed E-state index contributed by atoms with van der Waals surface area (Å²) in [5.74, 6) is 0.344. The lowest BCUT2D eigenvalue weighted by molar-refractivity contribution is -0.0619. The molecule has 0 amide bonds. The Balaban J connectivity index is 1.93. The maximum Gasteiger partial charge on any atom is 0.0911 e. The number of morpholine rings is 1. The van der Waals surface area contributed by atoms with Gasteiger partial charge in [-0.2, -0.15) is 0 Å². The summed E-state index contributed by atoms with van der Waals surface area (Å²) in [5, 5.41) is 7.48. The first kappa shape index (κ1) is 12.8. The first-order valence-corrected chi connectivity index (χ1v) is 6.73. The van der Waals surface area contributed by atoms with Gasteiger partial charge in [-0.05, 0) is 31.6 Å². The zero-order chi connectivity index (χ0) is 12.5. The molecular weight excluding hydrogens is 214 g/mol. The minimum absolute atomic E-state index is 0.316. The van der Waals surface area contributed by atoms with E-state index in [1.807, 2.05) is 0 Å². The molecule has 2 aliphatic rings. The van der Waals surface area contributed by atoms with Crippen molar-refractivity contribution in [2.24, 2.45) is 11.1 Å². The Labute approximate surface area is 104 Å². The lowest BCUT2D eigenvalue weighted by atomic mass is 9.98. The summed E-state index contributed by atoms with van der Waals surface area (Å²) in [6.45, 7) is 7.34. The molecule has 1 saturated heterocycles. The van der Waals surface area contributed by atoms with Crippen molar-refractivity contribution in [1.82, 2.24) is 4.90 Å². The molecule has 1 saturated carbocycles. The van der Waals surface area contributed by atoms with E-state index >= 15 is 0 Å². The zero-order valence-electron chi connectivity index (χ0n) is 11.0. The van der Waals surface area contributed by atoms with Gasteiger partial charge in [-0.1, -0.05) is 6.92 Å². The average molecular weight is 239 g/mol. The van der Waals surface area contributed by atoms with Crippen LogP contribution >= 0.6 is 0 Å². The van der Waals surface area contributed by atoms with Crippen LogP contribution in [-0.4, -0.2) is 42.6 Å². The highest BCUT2D eigenvalue weighted by atomic mass is 16.5. The molecular formula is C13H25N3O. The van der Waals surface area contributed by atoms with Crippen LogP contribution in [0.1, 0.15) is 39.5 Å². The van der Waals surface area contributed by atoms with Gasteiger partial charge in [0.05, 0.1) is 18.5 Å². The Morgan fingerprint density at radius 2 is 2.24 bits per heavy atom. The van der Waals surface area contributed by atoms with E-state index < -0.39 is 0 Å². The van der Waals surface area contributed by atoms with E-state index in [0.29, 0.717) is 23.4 Å². The first-order valence-electron chi connectivity index (χ1n) is 6.73. The molecule has 0 aromatic heterocycles. The maximum atomic E-state index is 7.48. The number of hydrogen-bond donors (Lipinski definition) is 2. The summed E-state index contributed by atoms with van der Waals surface area (Å²) < 4.78 is 5.72. The molecule has 4 heteroatoms. The molecule has 1 heterocycles. The van der Waals surface area contributed by atoms with Crippen LogP contribution in [0, 0.1) is 10.8 Å². The summed E-state index contributed by atoms with van der Waals surface area (Å²) in [7, 11) is 0. The molecule has 2 fully saturated rings. The van der Waals surface area contributed by atoms with Crippen molar-refractivity contribution in [2.45, 2.75) is 51.7 Å². The number of ether oxygens (including phenoxy) is 1. The van der Waals surface area contributed by atoms with E-state index in [2.05, 4.69) is 18.7 Å². The van der Waals surface area contributed by atoms with Gasteiger partial charge in [-0.3, -0.25) is 10.3 Å². The average Bonchev–Trinajstić information content (AvgIpc) is 2.97. The standard InChI is InChI=1S/C13H25N3O/c1-3-11-8-17-10(2)7-16(11)9-13(4-5-13)6-12(14)15/h10-11H,3-9H2,1-2H3,(H3,14,15). The second kappa shape index (κ2) is 4.94. The molecule has 1 aliphatic heterocycles. The van der Waals surface area contributed by atoms with Crippen LogP contribution in [0.15, 0.2) is 0 Å². The van der Waals surface area contributed by atoms with Gasteiger partial charge in [0.1, 0.15) is 0 Å². The van der Waals surface area contributed by atoms with Gasteiger partial charge >= 0.3 is 0 Å². The Morgan fingerprint density at radius 3 is 2.76 bits per heavy atom. The fraction of sp³-hybridized carbons (Fsp3) is 0.923. The summed E-state index contributed by atoms with van der Waals surface area (Å²) >= 11 is 0. The van der Waals surface area contributed by atoms with Crippen molar-refractivity contribution in [1.29, 1.82) is 5.41 Å². The van der Waals surface area contributed by atoms with E-state index in [0.717, 1.165) is 32.5 Å². The fourth-order valence-corrected chi connectivity index (χ4v) is 2.88. The first-order chi connectivity index (χ1) is 8.04. The molecule has 2 rings (SSSR count). The number of nitrogens with zero attached hydrogens (tertiary/aromatic N) is 1. The number of hydrogen-bond acceptors (Lipinski definition) is 3. The minimum atomic E-state index is 0.316. The summed E-state index contributed by atoms with van der Waals surface area (Å²) in [5.41, 5.74) is 5.87. The number of nitrogens with one attached hydrogen (secondary N) is 1. The van der Waals surface area contributed by atoms with Gasteiger partial charge in [0.15, 0.2) is 0 Å². The molecule has 0 bridgehead atoms. The van der Waals surface area contributed by atoms with Crippen LogP contribution in [0.3, 0.4) is 0 Å². The highest BCUT2D eigenvalue weighted by molar-refractivity contribution is 5.78. The lowest BCUT2D eigenvalue weighted by Gasteiger charge is -2.40. The number of amidine groups is 1. The summed E-state index contributed by atoms with van der Waals surface area (Å²) in [4.78, 5) is 2.56. The van der Waals surface area contributed by atoms with E-state index in [1.165, 1.54) is 12.8 Å². The SMILES string of the molecule is CCC1COC(C)CN1CC1(CC(=N)N)CC1. The van der Waals surface area contributed by atoms with Gasteiger partial charge in [-0.25, -0.2) is 0 Å². The Hall–Kier alpha value is -0.610. The van der Waals surface area contributed by atoms with Crippen LogP contribution in [0.4, 0.5) is 0 Å². The van der Waals surface area contributed by atoms with Gasteiger partial charge in [-0.15, -0.1) is 0 Å². The van der Waals surface area contributed by atoms with Crippen LogP contribution in [0.2, 0.25) is 0 Å². The predicted molar refractivity (Wildman–Crippen MR) is 69.3 cm³/mol. The van der Waals surface area contributed by atoms with E-state index in [9.17, 15) is 0 Å². The minimum Gasteiger partial charge on any atom is -0.388 e. The molecule has 3 N–H and O–H groups in total. The Bertz CT molecular complexity index is 288. The van der Waals surface area contributed by atoms with E-state index in [1.54, 1.807) is 0 Å². The molecule has 98 valence electrons. The molecule has 4 nitrogen and oxygen atoms in total. The monoisotopic (exact) mass is 239 g/mol. The highest BCUT2D eigenvalue weighted by Gasteiger charge is 2.45. The highest BCUT2D eigenvalue weighted by Crippen LogP contribution is 2.49. The van der Waals surface area contributed by atoms with Crippen LogP contribution in [0.5, 0.6) is 0 Å². The molecule has 0 aromatic carbocycles. The molecule has 2 unspecified atom stereocenters. The summed E-state index contributed by atoms with van der Waals surface area (Å²) in [6.07, 6.45) is 4.72. The predicted octanol–water partition coefficient (Wildman–Crippen LogP) is 1.59. The Morgan fingerprint density at radius 1 is 1.53 bits per heavy atom. The fourth-order valence-electron chi connectivity index (χ4n) is 2.88. The van der Waals surface area contributed by atoms with E-state index in [4.69, 9.17) is 15.9 Å². The molecule has 0 aromatic rings. The third-order valence-corrected chi connectivity index (χ3v) is 4.11. The lowest BCUT2D eigenvalue weighted by Crippen LogP contribution is -2.50. The number of nitrogens with two attached hydrogens (primary N) is 1. The molecule has 17 heavy (non-hydrogen) atoms. The van der Waals surface area contributed by atoms with Crippen molar-refractivity contribution in [3.05, 3.63) is 0 Å². The summed E-state index contributed by atoms with van der Waals surface area (Å²) in [6, 6.07) is 0.552. The molecule has 0 spiro atoms. The quantitative estimate of drug-likeness (QED) is 0.566. The van der Waals surface area contributed by atoms with Crippen LogP contribution < -0.4 is 5.73 Å². The molecule has 0 radical (unpaired) electrons. The van der Waals surface area contributed by atoms with Gasteiger partial charge < -0.3 is 10.5 Å². The Kier molecular flexibility index (Phi) is 3.73. The van der Waals surface area contributed by atoms with Gasteiger partial charge in [0.2, 0.25) is 0 Å². The second-order valence-electron chi connectivity index (χ2n) is 5.84. The normalized spacial score (nSPS) is 32.4. The van der Waals surface area contributed by atoms with Crippen LogP contribution in [0.25, 0.3) is 0 Å². The van der Waals surface area contributed by atoms with Gasteiger partial charge in [0, 0.05) is 25.6 Å². The number of rotatable bonds is 5. The van der Waals surface area contributed by atoms with Crippen molar-refractivity contribution in [3.63, 3.8) is 0 Å². The third-order valence-electron chi connectivity index (χ3n) is 4.11. The van der Waals surface area contributed by atoms with Crippen molar-refractivity contribution in [3.8, 4) is 0 Å². The van der Waals surface area contributed by atoms with E-state index in [-0.39, 0.29) is 0 Å². The largest absolute Gasteiger partial charge is 0.388 e. The topological polar surface area (TPSA) is 62.3 Å². The second-order valence-corrected chi connectivity index (χ2v) is 5.84. The van der Waals surface area contributed by atoms with Crippen molar-refractivity contribution < 1.29 is 4.74 Å². The third kappa shape index (κ3) is 3.19. The van der Waals surface area contributed by atoms with Crippen LogP contribution in [-0.2, 0) is 4.74 Å². The maximum absolute atomic E-state index is 7.48. The molecule has 2 atom stereocenters. The zero-order valence-corrected chi connectivity index (χ0v) is 11.0.